The van der Waals surface area contributed by atoms with Crippen molar-refractivity contribution < 1.29 is 4.79 Å². The molecule has 0 unspecified atom stereocenters. The highest BCUT2D eigenvalue weighted by molar-refractivity contribution is 5.96. The van der Waals surface area contributed by atoms with Gasteiger partial charge in [-0.25, -0.2) is 4.98 Å². The van der Waals surface area contributed by atoms with Crippen molar-refractivity contribution in [2.45, 2.75) is 6.92 Å². The predicted molar refractivity (Wildman–Crippen MR) is 100 cm³/mol. The van der Waals surface area contributed by atoms with Crippen LogP contribution in [-0.4, -0.2) is 25.7 Å². The van der Waals surface area contributed by atoms with E-state index in [1.165, 1.54) is 0 Å². The summed E-state index contributed by atoms with van der Waals surface area (Å²) in [5.41, 5.74) is 11.0. The largest absolute Gasteiger partial charge is 0.366 e. The lowest BCUT2D eigenvalue weighted by Gasteiger charge is -2.08. The summed E-state index contributed by atoms with van der Waals surface area (Å²) in [6, 6.07) is 14.9. The number of aromatic nitrogens is 4. The fourth-order valence-corrected chi connectivity index (χ4v) is 3.02. The Morgan fingerprint density at radius 2 is 1.85 bits per heavy atom. The van der Waals surface area contributed by atoms with Crippen LogP contribution in [0.25, 0.3) is 33.5 Å². The number of hydrogen-bond acceptors (Lipinski definition) is 4. The molecule has 1 aromatic carbocycles. The van der Waals surface area contributed by atoms with E-state index in [4.69, 9.17) is 10.7 Å². The van der Waals surface area contributed by atoms with Crippen LogP contribution in [0.5, 0.6) is 0 Å². The highest BCUT2D eigenvalue weighted by atomic mass is 16.1. The summed E-state index contributed by atoms with van der Waals surface area (Å²) in [6.45, 7) is 2.02. The van der Waals surface area contributed by atoms with Crippen LogP contribution < -0.4 is 5.73 Å². The SMILES string of the molecule is Cc1c2c(-c3ccccn3)cc(-c3ccc(C(N)=O)cc3)nc2nn1C. The average molecular weight is 343 g/mol. The monoisotopic (exact) mass is 343 g/mol. The molecule has 6 nitrogen and oxygen atoms in total. The van der Waals surface area contributed by atoms with Gasteiger partial charge in [-0.1, -0.05) is 18.2 Å². The highest BCUT2D eigenvalue weighted by Gasteiger charge is 2.16. The maximum atomic E-state index is 11.3. The first kappa shape index (κ1) is 16.0. The molecule has 0 atom stereocenters. The quantitative estimate of drug-likeness (QED) is 0.619. The molecular weight excluding hydrogens is 326 g/mol. The number of fused-ring (bicyclic) bond motifs is 1. The zero-order chi connectivity index (χ0) is 18.3. The van der Waals surface area contributed by atoms with Crippen molar-refractivity contribution in [3.63, 3.8) is 0 Å². The van der Waals surface area contributed by atoms with Crippen molar-refractivity contribution in [2.24, 2.45) is 12.8 Å². The molecule has 0 saturated heterocycles. The van der Waals surface area contributed by atoms with Crippen LogP contribution in [0.1, 0.15) is 16.1 Å². The van der Waals surface area contributed by atoms with Gasteiger partial charge in [0.2, 0.25) is 5.91 Å². The Morgan fingerprint density at radius 1 is 1.08 bits per heavy atom. The van der Waals surface area contributed by atoms with Gasteiger partial charge in [0.1, 0.15) is 0 Å². The number of nitrogens with two attached hydrogens (primary N) is 1. The van der Waals surface area contributed by atoms with Gasteiger partial charge in [0, 0.05) is 35.6 Å². The summed E-state index contributed by atoms with van der Waals surface area (Å²) in [4.78, 5) is 20.5. The minimum absolute atomic E-state index is 0.450. The number of nitrogens with zero attached hydrogens (tertiary/aromatic N) is 4. The third kappa shape index (κ3) is 2.61. The Kier molecular flexibility index (Phi) is 3.73. The van der Waals surface area contributed by atoms with Crippen molar-refractivity contribution in [2.75, 3.05) is 0 Å². The van der Waals surface area contributed by atoms with Gasteiger partial charge in [0.25, 0.3) is 0 Å². The van der Waals surface area contributed by atoms with E-state index in [9.17, 15) is 4.79 Å². The molecule has 0 spiro atoms. The van der Waals surface area contributed by atoms with Crippen LogP contribution >= 0.6 is 0 Å². The van der Waals surface area contributed by atoms with Crippen LogP contribution in [0.4, 0.5) is 0 Å². The third-order valence-electron chi connectivity index (χ3n) is 4.50. The number of benzene rings is 1. The summed E-state index contributed by atoms with van der Waals surface area (Å²) in [5.74, 6) is -0.450. The third-order valence-corrected chi connectivity index (χ3v) is 4.50. The van der Waals surface area contributed by atoms with Crippen molar-refractivity contribution in [1.29, 1.82) is 0 Å². The summed E-state index contributed by atoms with van der Waals surface area (Å²) >= 11 is 0. The van der Waals surface area contributed by atoms with E-state index in [-0.39, 0.29) is 0 Å². The number of carbonyl (C=O) groups is 1. The van der Waals surface area contributed by atoms with E-state index in [2.05, 4.69) is 10.1 Å². The van der Waals surface area contributed by atoms with Crippen molar-refractivity contribution in [3.8, 4) is 22.5 Å². The van der Waals surface area contributed by atoms with E-state index >= 15 is 0 Å². The first-order valence-corrected chi connectivity index (χ1v) is 8.20. The minimum atomic E-state index is -0.450. The molecule has 2 N–H and O–H groups in total. The molecule has 0 fully saturated rings. The van der Waals surface area contributed by atoms with E-state index in [1.807, 2.05) is 55.1 Å². The second-order valence-corrected chi connectivity index (χ2v) is 6.12. The smallest absolute Gasteiger partial charge is 0.248 e. The molecule has 3 heterocycles. The molecule has 0 aliphatic carbocycles. The first-order valence-electron chi connectivity index (χ1n) is 8.20. The maximum Gasteiger partial charge on any atom is 0.248 e. The minimum Gasteiger partial charge on any atom is -0.366 e. The Balaban J connectivity index is 1.96. The fourth-order valence-electron chi connectivity index (χ4n) is 3.02. The van der Waals surface area contributed by atoms with Crippen molar-refractivity contribution in [1.82, 2.24) is 19.7 Å². The average Bonchev–Trinajstić information content (AvgIpc) is 2.96. The van der Waals surface area contributed by atoms with E-state index in [1.54, 1.807) is 18.3 Å². The van der Waals surface area contributed by atoms with Gasteiger partial charge in [-0.3, -0.25) is 14.5 Å². The molecule has 0 aliphatic rings. The predicted octanol–water partition coefficient (Wildman–Crippen LogP) is 3.10. The topological polar surface area (TPSA) is 86.7 Å². The number of pyridine rings is 2. The first-order chi connectivity index (χ1) is 12.5. The Labute approximate surface area is 150 Å². The lowest BCUT2D eigenvalue weighted by Crippen LogP contribution is -2.10. The summed E-state index contributed by atoms with van der Waals surface area (Å²) in [7, 11) is 1.90. The number of carbonyl (C=O) groups excluding carboxylic acids is 1. The summed E-state index contributed by atoms with van der Waals surface area (Å²) in [6.07, 6.45) is 1.77. The summed E-state index contributed by atoms with van der Waals surface area (Å²) in [5, 5.41) is 5.52. The molecule has 0 saturated carbocycles. The molecule has 4 aromatic rings. The van der Waals surface area contributed by atoms with Gasteiger partial charge in [-0.15, -0.1) is 0 Å². The second-order valence-electron chi connectivity index (χ2n) is 6.12. The number of hydrogen-bond donors (Lipinski definition) is 1. The van der Waals surface area contributed by atoms with E-state index < -0.39 is 5.91 Å². The van der Waals surface area contributed by atoms with Gasteiger partial charge in [-0.05, 0) is 37.3 Å². The molecule has 6 heteroatoms. The molecule has 4 rings (SSSR count). The molecule has 3 aromatic heterocycles. The van der Waals surface area contributed by atoms with E-state index in [0.717, 1.165) is 33.6 Å². The van der Waals surface area contributed by atoms with Crippen LogP contribution in [0.15, 0.2) is 54.7 Å². The molecule has 1 amide bonds. The van der Waals surface area contributed by atoms with Gasteiger partial charge in [0.15, 0.2) is 5.65 Å². The number of rotatable bonds is 3. The normalized spacial score (nSPS) is 11.0. The molecule has 0 aliphatic heterocycles. The molecule has 0 bridgehead atoms. The zero-order valence-electron chi connectivity index (χ0n) is 14.5. The Hall–Kier alpha value is -3.54. The molecule has 128 valence electrons. The second kappa shape index (κ2) is 6.07. The number of amides is 1. The standard InChI is InChI=1S/C20H17N5O/c1-12-18-15(16-5-3-4-10-22-16)11-17(23-20(18)24-25(12)2)13-6-8-14(9-7-13)19(21)26/h3-11H,1-2H3,(H2,21,26). The zero-order valence-corrected chi connectivity index (χ0v) is 14.5. The van der Waals surface area contributed by atoms with Crippen LogP contribution in [0.3, 0.4) is 0 Å². The van der Waals surface area contributed by atoms with Crippen LogP contribution in [0.2, 0.25) is 0 Å². The van der Waals surface area contributed by atoms with Gasteiger partial charge in [-0.2, -0.15) is 5.10 Å². The van der Waals surface area contributed by atoms with Gasteiger partial charge in [0.05, 0.1) is 16.8 Å². The lowest BCUT2D eigenvalue weighted by molar-refractivity contribution is 0.100. The Morgan fingerprint density at radius 3 is 2.50 bits per heavy atom. The fraction of sp³-hybridized carbons (Fsp3) is 0.100. The van der Waals surface area contributed by atoms with Crippen LogP contribution in [0, 0.1) is 6.92 Å². The van der Waals surface area contributed by atoms with Crippen LogP contribution in [-0.2, 0) is 7.05 Å². The van der Waals surface area contributed by atoms with Gasteiger partial charge < -0.3 is 5.73 Å². The number of aryl methyl sites for hydroxylation is 2. The molecule has 0 radical (unpaired) electrons. The van der Waals surface area contributed by atoms with Crippen molar-refractivity contribution in [3.05, 3.63) is 66.0 Å². The van der Waals surface area contributed by atoms with E-state index in [0.29, 0.717) is 11.2 Å². The van der Waals surface area contributed by atoms with Gasteiger partial charge >= 0.3 is 0 Å². The molecule has 26 heavy (non-hydrogen) atoms. The number of primary amides is 1. The summed E-state index contributed by atoms with van der Waals surface area (Å²) < 4.78 is 1.82. The molecular formula is C20H17N5O. The lowest BCUT2D eigenvalue weighted by atomic mass is 10.0. The maximum absolute atomic E-state index is 11.3. The van der Waals surface area contributed by atoms with Crippen molar-refractivity contribution >= 4 is 16.9 Å². The highest BCUT2D eigenvalue weighted by Crippen LogP contribution is 2.32. The Bertz CT molecular complexity index is 1110.